The molecular formula is C15H19NO6. The van der Waals surface area contributed by atoms with Gasteiger partial charge in [0.15, 0.2) is 6.10 Å². The molecular weight excluding hydrogens is 290 g/mol. The third kappa shape index (κ3) is 4.19. The third-order valence-corrected chi connectivity index (χ3v) is 3.29. The molecule has 1 N–H and O–H groups in total. The van der Waals surface area contributed by atoms with E-state index < -0.39 is 12.1 Å². The Balaban J connectivity index is 1.95. The molecule has 0 aliphatic carbocycles. The monoisotopic (exact) mass is 309 g/mol. The van der Waals surface area contributed by atoms with E-state index in [2.05, 4.69) is 0 Å². The van der Waals surface area contributed by atoms with Crippen LogP contribution in [0.1, 0.15) is 10.4 Å². The first-order valence-electron chi connectivity index (χ1n) is 6.97. The molecule has 7 nitrogen and oxygen atoms in total. The van der Waals surface area contributed by atoms with Crippen LogP contribution in [0.4, 0.5) is 0 Å². The van der Waals surface area contributed by atoms with Gasteiger partial charge >= 0.3 is 5.97 Å². The van der Waals surface area contributed by atoms with E-state index in [1.807, 2.05) is 0 Å². The number of methoxy groups -OCH3 is 1. The summed E-state index contributed by atoms with van der Waals surface area (Å²) in [6.07, 6.45) is -0.964. The zero-order valence-electron chi connectivity index (χ0n) is 12.4. The zero-order valence-corrected chi connectivity index (χ0v) is 12.4. The Hall–Kier alpha value is -2.12. The number of amides is 1. The van der Waals surface area contributed by atoms with Gasteiger partial charge in [-0.25, -0.2) is 4.79 Å². The number of carboxylic acid groups (broad SMARTS) is 1. The minimum absolute atomic E-state index is 0.0558. The highest BCUT2D eigenvalue weighted by Crippen LogP contribution is 2.15. The second kappa shape index (κ2) is 7.77. The fourth-order valence-electron chi connectivity index (χ4n) is 2.10. The predicted molar refractivity (Wildman–Crippen MR) is 77.1 cm³/mol. The van der Waals surface area contributed by atoms with Crippen LogP contribution in [-0.2, 0) is 14.3 Å². The maximum atomic E-state index is 12.4. The summed E-state index contributed by atoms with van der Waals surface area (Å²) in [6.45, 7) is 1.59. The molecule has 0 spiro atoms. The average molecular weight is 309 g/mol. The first kappa shape index (κ1) is 16.3. The number of benzene rings is 1. The topological polar surface area (TPSA) is 85.3 Å². The summed E-state index contributed by atoms with van der Waals surface area (Å²) in [4.78, 5) is 24.8. The highest BCUT2D eigenvalue weighted by atomic mass is 16.5. The van der Waals surface area contributed by atoms with Crippen LogP contribution in [0.3, 0.4) is 0 Å². The normalized spacial score (nSPS) is 18.0. The summed E-state index contributed by atoms with van der Waals surface area (Å²) in [7, 11) is 1.60. The van der Waals surface area contributed by atoms with Crippen molar-refractivity contribution in [3.8, 4) is 5.75 Å². The predicted octanol–water partition coefficient (Wildman–Crippen LogP) is 0.637. The standard InChI is InChI=1S/C15H19NO6/c1-20-8-9-21-12-4-2-11(3-5-12)14(17)16-6-7-22-13(10-16)15(18)19/h2-5,13H,6-10H2,1H3,(H,18,19)/t13-/m0/s1. The third-order valence-electron chi connectivity index (χ3n) is 3.29. The SMILES string of the molecule is COCCOc1ccc(C(=O)N2CCO[C@H](C(=O)O)C2)cc1. The van der Waals surface area contributed by atoms with E-state index in [4.69, 9.17) is 19.3 Å². The van der Waals surface area contributed by atoms with E-state index in [1.54, 1.807) is 31.4 Å². The van der Waals surface area contributed by atoms with Gasteiger partial charge in [-0.2, -0.15) is 0 Å². The maximum absolute atomic E-state index is 12.4. The van der Waals surface area contributed by atoms with Crippen LogP contribution in [-0.4, -0.2) is 68.0 Å². The number of rotatable bonds is 6. The van der Waals surface area contributed by atoms with Crippen molar-refractivity contribution in [3.05, 3.63) is 29.8 Å². The van der Waals surface area contributed by atoms with Gasteiger partial charge in [0.2, 0.25) is 0 Å². The van der Waals surface area contributed by atoms with Gasteiger partial charge in [0.05, 0.1) is 19.8 Å². The second-order valence-electron chi connectivity index (χ2n) is 4.81. The molecule has 0 radical (unpaired) electrons. The van der Waals surface area contributed by atoms with Gasteiger partial charge in [-0.3, -0.25) is 4.79 Å². The minimum Gasteiger partial charge on any atom is -0.491 e. The van der Waals surface area contributed by atoms with Crippen LogP contribution in [0.5, 0.6) is 5.75 Å². The number of carbonyl (C=O) groups excluding carboxylic acids is 1. The molecule has 0 saturated carbocycles. The molecule has 0 bridgehead atoms. The van der Waals surface area contributed by atoms with Crippen molar-refractivity contribution >= 4 is 11.9 Å². The van der Waals surface area contributed by atoms with Crippen LogP contribution in [0.15, 0.2) is 24.3 Å². The van der Waals surface area contributed by atoms with Crippen molar-refractivity contribution in [2.75, 3.05) is 40.0 Å². The largest absolute Gasteiger partial charge is 0.491 e. The lowest BCUT2D eigenvalue weighted by molar-refractivity contribution is -0.154. The first-order chi connectivity index (χ1) is 10.6. The second-order valence-corrected chi connectivity index (χ2v) is 4.81. The smallest absolute Gasteiger partial charge is 0.334 e. The van der Waals surface area contributed by atoms with Crippen molar-refractivity contribution < 1.29 is 28.9 Å². The van der Waals surface area contributed by atoms with E-state index in [1.165, 1.54) is 4.90 Å². The summed E-state index contributed by atoms with van der Waals surface area (Å²) < 4.78 is 15.4. The lowest BCUT2D eigenvalue weighted by atomic mass is 10.1. The Kier molecular flexibility index (Phi) is 5.74. The Labute approximate surface area is 128 Å². The number of morpholine rings is 1. The minimum atomic E-state index is -1.06. The fourth-order valence-corrected chi connectivity index (χ4v) is 2.10. The van der Waals surface area contributed by atoms with E-state index in [0.717, 1.165) is 0 Å². The Morgan fingerprint density at radius 1 is 1.32 bits per heavy atom. The molecule has 0 unspecified atom stereocenters. The van der Waals surface area contributed by atoms with Gasteiger partial charge in [0, 0.05) is 19.2 Å². The lowest BCUT2D eigenvalue weighted by Gasteiger charge is -2.30. The van der Waals surface area contributed by atoms with Crippen LogP contribution in [0.2, 0.25) is 0 Å². The Bertz CT molecular complexity index is 515. The molecule has 1 aliphatic rings. The summed E-state index contributed by atoms with van der Waals surface area (Å²) >= 11 is 0. The lowest BCUT2D eigenvalue weighted by Crippen LogP contribution is -2.48. The number of hydrogen-bond acceptors (Lipinski definition) is 5. The fraction of sp³-hybridized carbons (Fsp3) is 0.467. The van der Waals surface area contributed by atoms with Gasteiger partial charge in [0.1, 0.15) is 12.4 Å². The summed E-state index contributed by atoms with van der Waals surface area (Å²) in [5, 5.41) is 8.96. The highest BCUT2D eigenvalue weighted by Gasteiger charge is 2.29. The van der Waals surface area contributed by atoms with E-state index in [9.17, 15) is 9.59 Å². The van der Waals surface area contributed by atoms with Gasteiger partial charge in [-0.15, -0.1) is 0 Å². The summed E-state index contributed by atoms with van der Waals surface area (Å²) in [6, 6.07) is 6.74. The molecule has 1 aromatic rings. The number of carbonyl (C=O) groups is 2. The van der Waals surface area contributed by atoms with Crippen molar-refractivity contribution in [1.82, 2.24) is 4.90 Å². The van der Waals surface area contributed by atoms with Gasteiger partial charge in [-0.05, 0) is 24.3 Å². The molecule has 1 amide bonds. The quantitative estimate of drug-likeness (QED) is 0.776. The van der Waals surface area contributed by atoms with Crippen molar-refractivity contribution in [2.24, 2.45) is 0 Å². The summed E-state index contributed by atoms with van der Waals surface area (Å²) in [5.74, 6) is -0.614. The van der Waals surface area contributed by atoms with E-state index in [0.29, 0.717) is 31.1 Å². The van der Waals surface area contributed by atoms with Gasteiger partial charge in [-0.1, -0.05) is 0 Å². The molecule has 120 valence electrons. The number of hydrogen-bond donors (Lipinski definition) is 1. The Morgan fingerprint density at radius 3 is 2.68 bits per heavy atom. The van der Waals surface area contributed by atoms with Crippen LogP contribution >= 0.6 is 0 Å². The number of carboxylic acids is 1. The van der Waals surface area contributed by atoms with Crippen LogP contribution in [0, 0.1) is 0 Å². The average Bonchev–Trinajstić information content (AvgIpc) is 2.55. The van der Waals surface area contributed by atoms with Crippen LogP contribution in [0.25, 0.3) is 0 Å². The zero-order chi connectivity index (χ0) is 15.9. The van der Waals surface area contributed by atoms with Crippen molar-refractivity contribution in [3.63, 3.8) is 0 Å². The number of aliphatic carboxylic acids is 1. The highest BCUT2D eigenvalue weighted by molar-refractivity contribution is 5.94. The first-order valence-corrected chi connectivity index (χ1v) is 6.97. The maximum Gasteiger partial charge on any atom is 0.334 e. The molecule has 1 aliphatic heterocycles. The van der Waals surface area contributed by atoms with E-state index >= 15 is 0 Å². The molecule has 1 fully saturated rings. The molecule has 2 rings (SSSR count). The van der Waals surface area contributed by atoms with E-state index in [-0.39, 0.29) is 19.1 Å². The van der Waals surface area contributed by atoms with Crippen molar-refractivity contribution in [2.45, 2.75) is 6.10 Å². The Morgan fingerprint density at radius 2 is 2.05 bits per heavy atom. The summed E-state index contributed by atoms with van der Waals surface area (Å²) in [5.41, 5.74) is 0.491. The molecule has 1 heterocycles. The van der Waals surface area contributed by atoms with Crippen molar-refractivity contribution in [1.29, 1.82) is 0 Å². The molecule has 0 aromatic heterocycles. The molecule has 1 saturated heterocycles. The number of nitrogens with zero attached hydrogens (tertiary/aromatic N) is 1. The number of ether oxygens (including phenoxy) is 3. The molecule has 1 atom stereocenters. The molecule has 1 aromatic carbocycles. The van der Waals surface area contributed by atoms with Crippen LogP contribution < -0.4 is 4.74 Å². The van der Waals surface area contributed by atoms with Gasteiger partial charge in [0.25, 0.3) is 5.91 Å². The van der Waals surface area contributed by atoms with Gasteiger partial charge < -0.3 is 24.2 Å². The molecule has 7 heteroatoms. The molecule has 22 heavy (non-hydrogen) atoms.